The van der Waals surface area contributed by atoms with Crippen molar-refractivity contribution in [3.8, 4) is 0 Å². The van der Waals surface area contributed by atoms with Gasteiger partial charge in [0.25, 0.3) is 0 Å². The minimum Gasteiger partial charge on any atom is -0.331 e. The third-order valence-corrected chi connectivity index (χ3v) is 3.17. The lowest BCUT2D eigenvalue weighted by Crippen LogP contribution is -2.46. The number of hydrogen-bond donors (Lipinski definition) is 3. The van der Waals surface area contributed by atoms with Crippen molar-refractivity contribution in [2.45, 2.75) is 19.3 Å². The molecule has 5 heteroatoms. The number of hydrogen-bond acceptors (Lipinski definition) is 2. The van der Waals surface area contributed by atoms with Crippen LogP contribution in [0, 0.1) is 5.92 Å². The number of thiocarbonyl (C=S) groups is 1. The van der Waals surface area contributed by atoms with E-state index in [0.717, 1.165) is 24.9 Å². The Bertz CT molecular complexity index is 473. The van der Waals surface area contributed by atoms with Crippen LogP contribution in [-0.2, 0) is 4.79 Å². The molecule has 0 spiro atoms. The standard InChI is InChI=1S/C14H17N3OS/c18-13(11-7-3-1-4-8-11)16-17-14(19)15-12-9-5-2-6-10-12/h1-3,5-6,9-11H,4,7-8H2,(H,16,18)(H2,15,17,19). The summed E-state index contributed by atoms with van der Waals surface area (Å²) in [5.41, 5.74) is 6.25. The first kappa shape index (κ1) is 13.5. The Hall–Kier alpha value is -1.88. The molecule has 1 unspecified atom stereocenters. The Morgan fingerprint density at radius 2 is 1.95 bits per heavy atom. The minimum atomic E-state index is -0.0124. The molecule has 1 aromatic carbocycles. The highest BCUT2D eigenvalue weighted by atomic mass is 32.1. The lowest BCUT2D eigenvalue weighted by molar-refractivity contribution is -0.125. The van der Waals surface area contributed by atoms with Gasteiger partial charge in [-0.25, -0.2) is 0 Å². The first-order valence-corrected chi connectivity index (χ1v) is 6.73. The predicted octanol–water partition coefficient (Wildman–Crippen LogP) is 2.36. The summed E-state index contributed by atoms with van der Waals surface area (Å²) in [4.78, 5) is 11.9. The number of rotatable bonds is 2. The van der Waals surface area contributed by atoms with E-state index in [1.165, 1.54) is 0 Å². The van der Waals surface area contributed by atoms with E-state index in [0.29, 0.717) is 5.11 Å². The SMILES string of the molecule is O=C(NNC(=S)Nc1ccccc1)C1CC=CCC1. The Morgan fingerprint density at radius 3 is 2.63 bits per heavy atom. The largest absolute Gasteiger partial charge is 0.331 e. The molecule has 0 saturated heterocycles. The number of carbonyl (C=O) groups is 1. The molecule has 0 saturated carbocycles. The van der Waals surface area contributed by atoms with E-state index in [1.807, 2.05) is 36.4 Å². The summed E-state index contributed by atoms with van der Waals surface area (Å²) in [5, 5.41) is 3.37. The average molecular weight is 275 g/mol. The predicted molar refractivity (Wildman–Crippen MR) is 80.4 cm³/mol. The maximum atomic E-state index is 11.9. The zero-order valence-electron chi connectivity index (χ0n) is 10.6. The monoisotopic (exact) mass is 275 g/mol. The normalized spacial score (nSPS) is 17.6. The summed E-state index contributed by atoms with van der Waals surface area (Å²) >= 11 is 5.10. The number of para-hydroxylation sites is 1. The lowest BCUT2D eigenvalue weighted by atomic mass is 9.94. The average Bonchev–Trinajstić information content (AvgIpc) is 2.47. The molecule has 0 bridgehead atoms. The summed E-state index contributed by atoms with van der Waals surface area (Å²) in [5.74, 6) is 0.0265. The second-order valence-electron chi connectivity index (χ2n) is 4.42. The van der Waals surface area contributed by atoms with Crippen LogP contribution >= 0.6 is 12.2 Å². The number of carbonyl (C=O) groups excluding carboxylic acids is 1. The number of allylic oxidation sites excluding steroid dienone is 2. The third-order valence-electron chi connectivity index (χ3n) is 2.97. The van der Waals surface area contributed by atoms with Crippen molar-refractivity contribution in [2.24, 2.45) is 5.92 Å². The van der Waals surface area contributed by atoms with Crippen molar-refractivity contribution in [1.29, 1.82) is 0 Å². The van der Waals surface area contributed by atoms with E-state index < -0.39 is 0 Å². The van der Waals surface area contributed by atoms with Gasteiger partial charge in [-0.2, -0.15) is 0 Å². The molecule has 0 fully saturated rings. The fraction of sp³-hybridized carbons (Fsp3) is 0.286. The molecule has 0 aliphatic heterocycles. The van der Waals surface area contributed by atoms with E-state index in [-0.39, 0.29) is 11.8 Å². The third kappa shape index (κ3) is 4.37. The Kier molecular flexibility index (Phi) is 4.92. The van der Waals surface area contributed by atoms with Gasteiger partial charge in [0.2, 0.25) is 5.91 Å². The van der Waals surface area contributed by atoms with Gasteiger partial charge in [-0.05, 0) is 43.6 Å². The molecule has 100 valence electrons. The fourth-order valence-electron chi connectivity index (χ4n) is 1.94. The van der Waals surface area contributed by atoms with E-state index in [4.69, 9.17) is 12.2 Å². The van der Waals surface area contributed by atoms with Gasteiger partial charge >= 0.3 is 0 Å². The number of benzene rings is 1. The van der Waals surface area contributed by atoms with Crippen molar-refractivity contribution < 1.29 is 4.79 Å². The van der Waals surface area contributed by atoms with Gasteiger partial charge in [0.1, 0.15) is 0 Å². The number of amides is 1. The first-order valence-electron chi connectivity index (χ1n) is 6.32. The quantitative estimate of drug-likeness (QED) is 0.440. The maximum Gasteiger partial charge on any atom is 0.241 e. The summed E-state index contributed by atoms with van der Waals surface area (Å²) in [6.45, 7) is 0. The highest BCUT2D eigenvalue weighted by molar-refractivity contribution is 7.80. The topological polar surface area (TPSA) is 53.2 Å². The van der Waals surface area contributed by atoms with Crippen LogP contribution in [0.25, 0.3) is 0 Å². The summed E-state index contributed by atoms with van der Waals surface area (Å²) in [6, 6.07) is 9.57. The number of hydrazine groups is 1. The van der Waals surface area contributed by atoms with E-state index in [2.05, 4.69) is 22.2 Å². The minimum absolute atomic E-state index is 0.0124. The molecule has 19 heavy (non-hydrogen) atoms. The second kappa shape index (κ2) is 6.89. The van der Waals surface area contributed by atoms with Crippen LogP contribution in [-0.4, -0.2) is 11.0 Å². The maximum absolute atomic E-state index is 11.9. The van der Waals surface area contributed by atoms with E-state index in [1.54, 1.807) is 0 Å². The lowest BCUT2D eigenvalue weighted by Gasteiger charge is -2.18. The summed E-state index contributed by atoms with van der Waals surface area (Å²) in [7, 11) is 0. The van der Waals surface area contributed by atoms with E-state index >= 15 is 0 Å². The van der Waals surface area contributed by atoms with Gasteiger partial charge in [0, 0.05) is 11.6 Å². The van der Waals surface area contributed by atoms with Crippen LogP contribution in [0.2, 0.25) is 0 Å². The molecule has 1 amide bonds. The highest BCUT2D eigenvalue weighted by Gasteiger charge is 2.18. The van der Waals surface area contributed by atoms with Crippen LogP contribution in [0.15, 0.2) is 42.5 Å². The highest BCUT2D eigenvalue weighted by Crippen LogP contribution is 2.17. The zero-order chi connectivity index (χ0) is 13.5. The van der Waals surface area contributed by atoms with Crippen molar-refractivity contribution in [3.05, 3.63) is 42.5 Å². The van der Waals surface area contributed by atoms with Gasteiger partial charge in [-0.15, -0.1) is 0 Å². The molecule has 3 N–H and O–H groups in total. The molecule has 2 rings (SSSR count). The molecule has 0 aromatic heterocycles. The Balaban J connectivity index is 1.74. The molecule has 1 aliphatic carbocycles. The molecule has 1 aromatic rings. The van der Waals surface area contributed by atoms with Crippen molar-refractivity contribution in [3.63, 3.8) is 0 Å². The van der Waals surface area contributed by atoms with Crippen LogP contribution in [0.5, 0.6) is 0 Å². The Morgan fingerprint density at radius 1 is 1.16 bits per heavy atom. The van der Waals surface area contributed by atoms with Crippen molar-refractivity contribution >= 4 is 28.9 Å². The summed E-state index contributed by atoms with van der Waals surface area (Å²) in [6.07, 6.45) is 6.81. The van der Waals surface area contributed by atoms with Gasteiger partial charge in [-0.3, -0.25) is 15.6 Å². The first-order chi connectivity index (χ1) is 9.25. The fourth-order valence-corrected chi connectivity index (χ4v) is 2.10. The number of anilines is 1. The molecule has 1 aliphatic rings. The van der Waals surface area contributed by atoms with Crippen LogP contribution in [0.4, 0.5) is 5.69 Å². The van der Waals surface area contributed by atoms with Crippen molar-refractivity contribution in [1.82, 2.24) is 10.9 Å². The van der Waals surface area contributed by atoms with Gasteiger partial charge < -0.3 is 5.32 Å². The zero-order valence-corrected chi connectivity index (χ0v) is 11.4. The molecule has 1 atom stereocenters. The van der Waals surface area contributed by atoms with Crippen LogP contribution in [0.3, 0.4) is 0 Å². The van der Waals surface area contributed by atoms with Crippen molar-refractivity contribution in [2.75, 3.05) is 5.32 Å². The van der Waals surface area contributed by atoms with Gasteiger partial charge in [0.05, 0.1) is 0 Å². The van der Waals surface area contributed by atoms with Gasteiger partial charge in [0.15, 0.2) is 5.11 Å². The summed E-state index contributed by atoms with van der Waals surface area (Å²) < 4.78 is 0. The molecular weight excluding hydrogens is 258 g/mol. The molecular formula is C14H17N3OS. The Labute approximate surface area is 118 Å². The second-order valence-corrected chi connectivity index (χ2v) is 4.82. The van der Waals surface area contributed by atoms with Crippen LogP contribution < -0.4 is 16.2 Å². The molecule has 0 heterocycles. The number of nitrogens with one attached hydrogen (secondary N) is 3. The van der Waals surface area contributed by atoms with Gasteiger partial charge in [-0.1, -0.05) is 30.4 Å². The van der Waals surface area contributed by atoms with Crippen LogP contribution in [0.1, 0.15) is 19.3 Å². The van der Waals surface area contributed by atoms with E-state index in [9.17, 15) is 4.79 Å². The molecule has 0 radical (unpaired) electrons. The smallest absolute Gasteiger partial charge is 0.241 e. The molecule has 4 nitrogen and oxygen atoms in total.